The van der Waals surface area contributed by atoms with Crippen molar-refractivity contribution < 1.29 is 36.2 Å². The number of hydrogen-bond acceptors (Lipinski definition) is 4. The van der Waals surface area contributed by atoms with E-state index in [2.05, 4.69) is 10.3 Å². The Labute approximate surface area is 150 Å². The first-order valence-corrected chi connectivity index (χ1v) is 7.37. The highest BCUT2D eigenvalue weighted by Gasteiger charge is 2.36. The molecule has 0 radical (unpaired) electrons. The minimum absolute atomic E-state index is 0.0318. The van der Waals surface area contributed by atoms with Crippen molar-refractivity contribution in [1.29, 1.82) is 0 Å². The van der Waals surface area contributed by atoms with Crippen molar-refractivity contribution in [2.75, 3.05) is 19.5 Å². The molecular formula is C17H13F6N2O2-. The number of methoxy groups -OCH3 is 1. The van der Waals surface area contributed by atoms with Gasteiger partial charge in [-0.25, -0.2) is 0 Å². The molecule has 0 heterocycles. The number of halogens is 6. The van der Waals surface area contributed by atoms with Crippen molar-refractivity contribution in [2.24, 2.45) is 4.99 Å². The summed E-state index contributed by atoms with van der Waals surface area (Å²) in [5.74, 6) is -0.603. The van der Waals surface area contributed by atoms with Crippen LogP contribution in [-0.2, 0) is 12.4 Å². The maximum Gasteiger partial charge on any atom is 0.416 e. The Morgan fingerprint density at radius 1 is 0.963 bits per heavy atom. The highest BCUT2D eigenvalue weighted by molar-refractivity contribution is 5.94. The predicted octanol–water partition coefficient (Wildman–Crippen LogP) is 4.21. The zero-order valence-electron chi connectivity index (χ0n) is 14.0. The number of benzene rings is 2. The summed E-state index contributed by atoms with van der Waals surface area (Å²) in [4.78, 5) is 3.40. The van der Waals surface area contributed by atoms with Gasteiger partial charge in [0.25, 0.3) is 0 Å². The summed E-state index contributed by atoms with van der Waals surface area (Å²) < 4.78 is 82.2. The van der Waals surface area contributed by atoms with Crippen LogP contribution in [0.1, 0.15) is 16.7 Å². The van der Waals surface area contributed by atoms with Crippen LogP contribution in [0.25, 0.3) is 0 Å². The first kappa shape index (κ1) is 20.4. The number of hydrogen-bond donors (Lipinski definition) is 1. The van der Waals surface area contributed by atoms with Crippen LogP contribution in [-0.4, -0.2) is 20.1 Å². The maximum atomic E-state index is 12.9. The molecule has 2 aromatic rings. The lowest BCUT2D eigenvalue weighted by Gasteiger charge is -2.16. The Balaban J connectivity index is 2.54. The number of anilines is 1. The Kier molecular flexibility index (Phi) is 5.57. The van der Waals surface area contributed by atoms with Crippen molar-refractivity contribution in [3.8, 4) is 5.75 Å². The fraction of sp³-hybridized carbons (Fsp3) is 0.235. The first-order valence-electron chi connectivity index (χ1n) is 7.37. The van der Waals surface area contributed by atoms with Crippen LogP contribution in [0.5, 0.6) is 5.75 Å². The van der Waals surface area contributed by atoms with Gasteiger partial charge in [0.05, 0.1) is 29.6 Å². The van der Waals surface area contributed by atoms with Crippen LogP contribution in [0.3, 0.4) is 0 Å². The molecule has 0 atom stereocenters. The van der Waals surface area contributed by atoms with Crippen LogP contribution in [0.15, 0.2) is 41.4 Å². The van der Waals surface area contributed by atoms with Crippen molar-refractivity contribution in [3.05, 3.63) is 53.1 Å². The van der Waals surface area contributed by atoms with E-state index in [-0.39, 0.29) is 11.6 Å². The van der Waals surface area contributed by atoms with Crippen molar-refractivity contribution in [2.45, 2.75) is 12.4 Å². The summed E-state index contributed by atoms with van der Waals surface area (Å²) in [6, 6.07) is 4.77. The van der Waals surface area contributed by atoms with Crippen LogP contribution in [0.4, 0.5) is 37.7 Å². The molecule has 0 bridgehead atoms. The van der Waals surface area contributed by atoms with Gasteiger partial charge >= 0.3 is 12.4 Å². The van der Waals surface area contributed by atoms with E-state index < -0.39 is 35.1 Å². The Bertz CT molecular complexity index is 827. The Morgan fingerprint density at radius 2 is 1.52 bits per heavy atom. The Morgan fingerprint density at radius 3 is 1.96 bits per heavy atom. The summed E-state index contributed by atoms with van der Waals surface area (Å²) >= 11 is 0. The minimum Gasteiger partial charge on any atom is -0.858 e. The van der Waals surface area contributed by atoms with E-state index in [0.29, 0.717) is 23.6 Å². The zero-order valence-corrected chi connectivity index (χ0v) is 14.0. The first-order chi connectivity index (χ1) is 12.5. The maximum absolute atomic E-state index is 12.9. The fourth-order valence-corrected chi connectivity index (χ4v) is 2.22. The van der Waals surface area contributed by atoms with Gasteiger partial charge in [-0.15, -0.1) is 0 Å². The van der Waals surface area contributed by atoms with Gasteiger partial charge in [-0.3, -0.25) is 4.99 Å². The van der Waals surface area contributed by atoms with Gasteiger partial charge in [-0.1, -0.05) is 6.07 Å². The number of alkyl halides is 6. The van der Waals surface area contributed by atoms with E-state index in [1.54, 1.807) is 7.05 Å². The zero-order chi connectivity index (χ0) is 20.4. The third-order valence-corrected chi connectivity index (χ3v) is 3.52. The number of nitrogens with one attached hydrogen (secondary N) is 1. The lowest BCUT2D eigenvalue weighted by atomic mass is 10.1. The molecule has 0 saturated heterocycles. The van der Waals surface area contributed by atoms with E-state index in [4.69, 9.17) is 4.74 Å². The average molecular weight is 391 g/mol. The molecule has 0 amide bonds. The second-order valence-electron chi connectivity index (χ2n) is 5.35. The quantitative estimate of drug-likeness (QED) is 0.483. The van der Waals surface area contributed by atoms with E-state index in [9.17, 15) is 31.4 Å². The summed E-state index contributed by atoms with van der Waals surface area (Å²) in [6.07, 6.45) is -10.0. The lowest BCUT2D eigenvalue weighted by Crippen LogP contribution is -2.19. The monoisotopic (exact) mass is 391 g/mol. The van der Waals surface area contributed by atoms with Gasteiger partial charge in [0.2, 0.25) is 0 Å². The van der Waals surface area contributed by atoms with Crippen LogP contribution in [0.2, 0.25) is 0 Å². The van der Waals surface area contributed by atoms with Gasteiger partial charge in [-0.05, 0) is 41.8 Å². The largest absolute Gasteiger partial charge is 0.858 e. The van der Waals surface area contributed by atoms with Gasteiger partial charge in [0, 0.05) is 7.05 Å². The molecule has 0 aliphatic carbocycles. The number of rotatable bonds is 4. The van der Waals surface area contributed by atoms with E-state index in [0.717, 1.165) is 0 Å². The summed E-state index contributed by atoms with van der Waals surface area (Å²) in [5, 5.41) is 15.0. The molecule has 0 aliphatic rings. The highest BCUT2D eigenvalue weighted by Crippen LogP contribution is 2.38. The predicted molar refractivity (Wildman–Crippen MR) is 85.2 cm³/mol. The molecule has 0 aliphatic heterocycles. The molecule has 4 nitrogen and oxygen atoms in total. The molecular weight excluding hydrogens is 378 g/mol. The second-order valence-corrected chi connectivity index (χ2v) is 5.35. The fourth-order valence-electron chi connectivity index (χ4n) is 2.22. The van der Waals surface area contributed by atoms with Gasteiger partial charge < -0.3 is 15.2 Å². The Hall–Kier alpha value is -2.91. The highest BCUT2D eigenvalue weighted by atomic mass is 19.4. The number of aliphatic imine (C=N–C) groups is 1. The SMILES string of the molecule is CNc1cc(C([O-])=Nc2cc(C(F)(F)F)cc(C(F)(F)F)c2)ccc1OC. The van der Waals surface area contributed by atoms with E-state index >= 15 is 0 Å². The molecule has 1 N–H and O–H groups in total. The molecule has 2 rings (SSSR count). The molecule has 0 spiro atoms. The number of ether oxygens (including phenoxy) is 1. The molecule has 0 unspecified atom stereocenters. The summed E-state index contributed by atoms with van der Waals surface area (Å²) in [6.45, 7) is 0. The topological polar surface area (TPSA) is 56.7 Å². The van der Waals surface area contributed by atoms with E-state index in [1.807, 2.05) is 0 Å². The number of nitrogens with zero attached hydrogens (tertiary/aromatic N) is 1. The lowest BCUT2D eigenvalue weighted by molar-refractivity contribution is -0.212. The molecule has 2 aromatic carbocycles. The van der Waals surface area contributed by atoms with Crippen LogP contribution < -0.4 is 15.2 Å². The molecule has 10 heteroatoms. The molecule has 27 heavy (non-hydrogen) atoms. The minimum atomic E-state index is -5.02. The molecule has 0 fully saturated rings. The standard InChI is InChI=1S/C17H14F6N2O2/c1-24-13-5-9(3-4-14(13)27-2)15(26)25-12-7-10(16(18,19)20)6-11(8-12)17(21,22)23/h3-8,24H,1-2H3,(H,25,26)/p-1. The van der Waals surface area contributed by atoms with Gasteiger partial charge in [0.1, 0.15) is 5.75 Å². The van der Waals surface area contributed by atoms with Crippen molar-refractivity contribution in [3.63, 3.8) is 0 Å². The van der Waals surface area contributed by atoms with Gasteiger partial charge in [0.15, 0.2) is 0 Å². The second kappa shape index (κ2) is 7.37. The third kappa shape index (κ3) is 4.83. The normalized spacial score (nSPS) is 12.8. The van der Waals surface area contributed by atoms with Crippen LogP contribution in [0, 0.1) is 0 Å². The third-order valence-electron chi connectivity index (χ3n) is 3.52. The van der Waals surface area contributed by atoms with Crippen molar-refractivity contribution >= 4 is 17.3 Å². The van der Waals surface area contributed by atoms with E-state index in [1.165, 1.54) is 25.3 Å². The molecule has 0 aromatic heterocycles. The van der Waals surface area contributed by atoms with Crippen LogP contribution >= 0.6 is 0 Å². The van der Waals surface area contributed by atoms with Crippen molar-refractivity contribution in [1.82, 2.24) is 0 Å². The molecule has 146 valence electrons. The summed E-state index contributed by atoms with van der Waals surface area (Å²) in [5.41, 5.74) is -3.47. The smallest absolute Gasteiger partial charge is 0.416 e. The molecule has 0 saturated carbocycles. The summed E-state index contributed by atoms with van der Waals surface area (Å²) in [7, 11) is 2.94. The van der Waals surface area contributed by atoms with Gasteiger partial charge in [-0.2, -0.15) is 26.3 Å². The average Bonchev–Trinajstić information content (AvgIpc) is 2.59.